The highest BCUT2D eigenvalue weighted by Crippen LogP contribution is 2.20. The Balaban J connectivity index is 2.97. The van der Waals surface area contributed by atoms with Gasteiger partial charge in [-0.3, -0.25) is 0 Å². The van der Waals surface area contributed by atoms with E-state index in [-0.39, 0.29) is 0 Å². The summed E-state index contributed by atoms with van der Waals surface area (Å²) in [7, 11) is 0. The molecule has 0 fully saturated rings. The first-order valence-electron chi connectivity index (χ1n) is 5.12. The van der Waals surface area contributed by atoms with Crippen LogP contribution in [0.15, 0.2) is 30.9 Å². The predicted molar refractivity (Wildman–Crippen MR) is 64.0 cm³/mol. The van der Waals surface area contributed by atoms with Crippen LogP contribution in [0.3, 0.4) is 0 Å². The van der Waals surface area contributed by atoms with Gasteiger partial charge in [0.05, 0.1) is 0 Å². The third kappa shape index (κ3) is 2.38. The van der Waals surface area contributed by atoms with Crippen LogP contribution in [0.2, 0.25) is 0 Å². The fourth-order valence-corrected chi connectivity index (χ4v) is 1.71. The van der Waals surface area contributed by atoms with Crippen LogP contribution in [0.1, 0.15) is 18.1 Å². The van der Waals surface area contributed by atoms with Crippen molar-refractivity contribution in [2.24, 2.45) is 0 Å². The lowest BCUT2D eigenvalue weighted by atomic mass is 10.1. The van der Waals surface area contributed by atoms with Crippen LogP contribution in [0, 0.1) is 13.8 Å². The molecule has 0 atom stereocenters. The average molecular weight is 189 g/mol. The minimum Gasteiger partial charge on any atom is -0.368 e. The molecule has 0 bridgehead atoms. The zero-order valence-electron chi connectivity index (χ0n) is 9.38. The van der Waals surface area contributed by atoms with Gasteiger partial charge in [-0.2, -0.15) is 0 Å². The van der Waals surface area contributed by atoms with E-state index in [0.717, 1.165) is 13.1 Å². The second-order valence-electron chi connectivity index (χ2n) is 3.62. The molecule has 1 heteroatoms. The van der Waals surface area contributed by atoms with Gasteiger partial charge in [-0.15, -0.1) is 6.58 Å². The van der Waals surface area contributed by atoms with Gasteiger partial charge in [0.2, 0.25) is 0 Å². The summed E-state index contributed by atoms with van der Waals surface area (Å²) >= 11 is 0. The monoisotopic (exact) mass is 189 g/mol. The van der Waals surface area contributed by atoms with Crippen LogP contribution in [0.25, 0.3) is 0 Å². The Morgan fingerprint density at radius 1 is 1.36 bits per heavy atom. The summed E-state index contributed by atoms with van der Waals surface area (Å²) in [5.74, 6) is 0. The summed E-state index contributed by atoms with van der Waals surface area (Å²) in [5, 5.41) is 0. The van der Waals surface area contributed by atoms with Gasteiger partial charge in [0, 0.05) is 18.8 Å². The molecular weight excluding hydrogens is 170 g/mol. The van der Waals surface area contributed by atoms with E-state index in [2.05, 4.69) is 50.4 Å². The summed E-state index contributed by atoms with van der Waals surface area (Å²) in [5.41, 5.74) is 3.98. The van der Waals surface area contributed by atoms with Gasteiger partial charge in [-0.05, 0) is 32.4 Å². The molecular formula is C13H19N. The molecule has 0 radical (unpaired) electrons. The highest BCUT2D eigenvalue weighted by atomic mass is 15.1. The van der Waals surface area contributed by atoms with Crippen molar-refractivity contribution in [3.63, 3.8) is 0 Å². The van der Waals surface area contributed by atoms with Crippen molar-refractivity contribution >= 4 is 5.69 Å². The van der Waals surface area contributed by atoms with E-state index in [0.29, 0.717) is 0 Å². The quantitative estimate of drug-likeness (QED) is 0.657. The molecule has 0 aliphatic carbocycles. The van der Waals surface area contributed by atoms with Crippen LogP contribution < -0.4 is 4.90 Å². The molecule has 0 saturated carbocycles. The number of likely N-dealkylation sites (N-methyl/N-ethyl adjacent to an activating group) is 1. The summed E-state index contributed by atoms with van der Waals surface area (Å²) in [6.07, 6.45) is 1.95. The van der Waals surface area contributed by atoms with Crippen molar-refractivity contribution in [3.8, 4) is 0 Å². The second kappa shape index (κ2) is 4.85. The molecule has 0 aromatic heterocycles. The lowest BCUT2D eigenvalue weighted by Crippen LogP contribution is -2.23. The molecule has 14 heavy (non-hydrogen) atoms. The molecule has 0 unspecified atom stereocenters. The second-order valence-corrected chi connectivity index (χ2v) is 3.62. The Labute approximate surface area is 87.1 Å². The van der Waals surface area contributed by atoms with Gasteiger partial charge in [0.1, 0.15) is 0 Å². The molecule has 0 aliphatic rings. The molecule has 1 rings (SSSR count). The van der Waals surface area contributed by atoms with Crippen LogP contribution >= 0.6 is 0 Å². The molecule has 0 aliphatic heterocycles. The zero-order valence-corrected chi connectivity index (χ0v) is 9.38. The lowest BCUT2D eigenvalue weighted by molar-refractivity contribution is 0.901. The van der Waals surface area contributed by atoms with E-state index in [4.69, 9.17) is 0 Å². The van der Waals surface area contributed by atoms with Gasteiger partial charge in [0.15, 0.2) is 0 Å². The molecule has 0 saturated heterocycles. The van der Waals surface area contributed by atoms with E-state index in [9.17, 15) is 0 Å². The highest BCUT2D eigenvalue weighted by Gasteiger charge is 2.04. The Kier molecular flexibility index (Phi) is 3.75. The fourth-order valence-electron chi connectivity index (χ4n) is 1.71. The van der Waals surface area contributed by atoms with E-state index in [1.165, 1.54) is 16.8 Å². The number of nitrogens with zero attached hydrogens (tertiary/aromatic N) is 1. The number of benzene rings is 1. The van der Waals surface area contributed by atoms with E-state index < -0.39 is 0 Å². The van der Waals surface area contributed by atoms with Crippen LogP contribution in [0.5, 0.6) is 0 Å². The predicted octanol–water partition coefficient (Wildman–Crippen LogP) is 3.32. The van der Waals surface area contributed by atoms with E-state index in [1.54, 1.807) is 0 Å². The third-order valence-corrected chi connectivity index (χ3v) is 2.42. The first kappa shape index (κ1) is 10.8. The molecule has 0 N–H and O–H groups in total. The van der Waals surface area contributed by atoms with Crippen LogP contribution in [-0.2, 0) is 0 Å². The molecule has 0 spiro atoms. The van der Waals surface area contributed by atoms with E-state index >= 15 is 0 Å². The summed E-state index contributed by atoms with van der Waals surface area (Å²) < 4.78 is 0. The molecule has 1 nitrogen and oxygen atoms in total. The normalized spacial score (nSPS) is 9.93. The Morgan fingerprint density at radius 3 is 2.57 bits per heavy atom. The minimum absolute atomic E-state index is 0.917. The average Bonchev–Trinajstić information content (AvgIpc) is 2.15. The molecule has 1 aromatic carbocycles. The maximum absolute atomic E-state index is 3.78. The van der Waals surface area contributed by atoms with Gasteiger partial charge in [-0.25, -0.2) is 0 Å². The highest BCUT2D eigenvalue weighted by molar-refractivity contribution is 5.54. The van der Waals surface area contributed by atoms with Crippen molar-refractivity contribution in [2.45, 2.75) is 20.8 Å². The smallest absolute Gasteiger partial charge is 0.0398 e. The van der Waals surface area contributed by atoms with Gasteiger partial charge >= 0.3 is 0 Å². The van der Waals surface area contributed by atoms with Crippen LogP contribution in [-0.4, -0.2) is 13.1 Å². The van der Waals surface area contributed by atoms with Crippen molar-refractivity contribution < 1.29 is 0 Å². The number of aryl methyl sites for hydroxylation is 2. The molecule has 0 amide bonds. The van der Waals surface area contributed by atoms with Crippen molar-refractivity contribution in [1.29, 1.82) is 0 Å². The Morgan fingerprint density at radius 2 is 2.07 bits per heavy atom. The zero-order chi connectivity index (χ0) is 10.6. The third-order valence-electron chi connectivity index (χ3n) is 2.42. The standard InChI is InChI=1S/C13H19N/c1-5-9-14(6-2)13-8-7-11(3)10-12(13)4/h5,7-8,10H,1,6,9H2,2-4H3. The fraction of sp³-hybridized carbons (Fsp3) is 0.385. The van der Waals surface area contributed by atoms with Crippen LogP contribution in [0.4, 0.5) is 5.69 Å². The lowest BCUT2D eigenvalue weighted by Gasteiger charge is -2.23. The first-order valence-corrected chi connectivity index (χ1v) is 5.12. The minimum atomic E-state index is 0.917. The van der Waals surface area contributed by atoms with E-state index in [1.807, 2.05) is 6.08 Å². The molecule has 1 aromatic rings. The molecule has 76 valence electrons. The van der Waals surface area contributed by atoms with Crippen molar-refractivity contribution in [3.05, 3.63) is 42.0 Å². The number of rotatable bonds is 4. The summed E-state index contributed by atoms with van der Waals surface area (Å²) in [4.78, 5) is 2.32. The Hall–Kier alpha value is -1.24. The number of hydrogen-bond donors (Lipinski definition) is 0. The maximum atomic E-state index is 3.78. The summed E-state index contributed by atoms with van der Waals surface area (Å²) in [6, 6.07) is 6.58. The van der Waals surface area contributed by atoms with Gasteiger partial charge in [-0.1, -0.05) is 23.8 Å². The van der Waals surface area contributed by atoms with Gasteiger partial charge < -0.3 is 4.90 Å². The topological polar surface area (TPSA) is 3.24 Å². The first-order chi connectivity index (χ1) is 6.69. The number of anilines is 1. The number of hydrogen-bond acceptors (Lipinski definition) is 1. The summed E-state index contributed by atoms with van der Waals surface area (Å²) in [6.45, 7) is 12.2. The largest absolute Gasteiger partial charge is 0.368 e. The maximum Gasteiger partial charge on any atom is 0.0398 e. The van der Waals surface area contributed by atoms with Crippen molar-refractivity contribution in [2.75, 3.05) is 18.0 Å². The van der Waals surface area contributed by atoms with Crippen molar-refractivity contribution in [1.82, 2.24) is 0 Å². The van der Waals surface area contributed by atoms with Gasteiger partial charge in [0.25, 0.3) is 0 Å². The molecule has 0 heterocycles. The SMILES string of the molecule is C=CCN(CC)c1ccc(C)cc1C. The Bertz CT molecular complexity index is 315.